The molecule has 0 amide bonds. The molecule has 1 atom stereocenters. The molecule has 1 heterocycles. The van der Waals surface area contributed by atoms with E-state index in [1.165, 1.54) is 0 Å². The molecule has 0 aliphatic carbocycles. The summed E-state index contributed by atoms with van der Waals surface area (Å²) in [5, 5.41) is 10.0. The van der Waals surface area contributed by atoms with Crippen molar-refractivity contribution < 1.29 is 5.11 Å². The van der Waals surface area contributed by atoms with Crippen molar-refractivity contribution in [2.24, 2.45) is 11.7 Å². The summed E-state index contributed by atoms with van der Waals surface area (Å²) in [6, 6.07) is 6.90. The molecular weight excluding hydrogens is 254 g/mol. The second kappa shape index (κ2) is 5.46. The fourth-order valence-corrected chi connectivity index (χ4v) is 1.93. The molecule has 5 heteroatoms. The maximum atomic E-state index is 12.2. The van der Waals surface area contributed by atoms with Crippen molar-refractivity contribution in [2.75, 3.05) is 0 Å². The average molecular weight is 273 g/mol. The van der Waals surface area contributed by atoms with Crippen molar-refractivity contribution >= 4 is 0 Å². The Morgan fingerprint density at radius 3 is 2.35 bits per heavy atom. The van der Waals surface area contributed by atoms with Crippen molar-refractivity contribution in [3.63, 3.8) is 0 Å². The van der Waals surface area contributed by atoms with Crippen LogP contribution in [0.1, 0.15) is 31.3 Å². The van der Waals surface area contributed by atoms with Crippen LogP contribution in [-0.4, -0.2) is 15.1 Å². The molecule has 20 heavy (non-hydrogen) atoms. The molecule has 0 saturated heterocycles. The first-order valence-electron chi connectivity index (χ1n) is 6.56. The average Bonchev–Trinajstić information content (AvgIpc) is 2.39. The van der Waals surface area contributed by atoms with E-state index in [-0.39, 0.29) is 22.9 Å². The molecule has 1 aromatic heterocycles. The van der Waals surface area contributed by atoms with E-state index >= 15 is 0 Å². The number of benzene rings is 1. The van der Waals surface area contributed by atoms with Crippen LogP contribution in [0.3, 0.4) is 0 Å². The van der Waals surface area contributed by atoms with Gasteiger partial charge >= 0.3 is 0 Å². The van der Waals surface area contributed by atoms with E-state index in [4.69, 9.17) is 5.73 Å². The highest BCUT2D eigenvalue weighted by molar-refractivity contribution is 5.67. The summed E-state index contributed by atoms with van der Waals surface area (Å²) < 4.78 is 0. The molecule has 5 nitrogen and oxygen atoms in total. The molecule has 0 saturated carbocycles. The van der Waals surface area contributed by atoms with Crippen LogP contribution in [0.25, 0.3) is 11.1 Å². The Bertz CT molecular complexity index is 660. The van der Waals surface area contributed by atoms with Crippen molar-refractivity contribution in [3.8, 4) is 17.0 Å². The number of nitrogens with two attached hydrogens (primary N) is 1. The number of hydrogen-bond acceptors (Lipinski definition) is 4. The number of hydrogen-bond donors (Lipinski definition) is 3. The fraction of sp³-hybridized carbons (Fsp3) is 0.333. The Hall–Kier alpha value is -2.14. The van der Waals surface area contributed by atoms with Crippen molar-refractivity contribution in [3.05, 3.63) is 46.0 Å². The van der Waals surface area contributed by atoms with Gasteiger partial charge in [-0.1, -0.05) is 43.7 Å². The second-order valence-electron chi connectivity index (χ2n) is 5.29. The molecule has 1 aromatic carbocycles. The van der Waals surface area contributed by atoms with Gasteiger partial charge in [-0.2, -0.15) is 4.98 Å². The van der Waals surface area contributed by atoms with E-state index in [1.54, 1.807) is 12.1 Å². The topological polar surface area (TPSA) is 92.0 Å². The lowest BCUT2D eigenvalue weighted by Crippen LogP contribution is -2.24. The standard InChI is InChI=1S/C15H19N3O2/c1-8(2)12(16)13-17-14(19)11(15(20)18-13)10-6-4-9(3)5-7-10/h4-8,12H,16H2,1-3H3,(H2,17,18,19,20). The Morgan fingerprint density at radius 2 is 1.85 bits per heavy atom. The number of aryl methyl sites for hydroxylation is 1. The van der Waals surface area contributed by atoms with Crippen LogP contribution in [0.4, 0.5) is 0 Å². The first kappa shape index (κ1) is 14.3. The van der Waals surface area contributed by atoms with Crippen LogP contribution in [0.2, 0.25) is 0 Å². The lowest BCUT2D eigenvalue weighted by atomic mass is 10.0. The lowest BCUT2D eigenvalue weighted by Gasteiger charge is -2.15. The Kier molecular flexibility index (Phi) is 3.90. The van der Waals surface area contributed by atoms with E-state index in [1.807, 2.05) is 32.9 Å². The highest BCUT2D eigenvalue weighted by Crippen LogP contribution is 2.25. The SMILES string of the molecule is Cc1ccc(-c2c(O)nc(C(N)C(C)C)[nH]c2=O)cc1. The molecule has 0 fully saturated rings. The maximum Gasteiger partial charge on any atom is 0.262 e. The third-order valence-corrected chi connectivity index (χ3v) is 3.29. The van der Waals surface area contributed by atoms with Gasteiger partial charge in [0.05, 0.1) is 6.04 Å². The van der Waals surface area contributed by atoms with E-state index in [9.17, 15) is 9.90 Å². The van der Waals surface area contributed by atoms with Crippen LogP contribution in [0.5, 0.6) is 5.88 Å². The molecule has 2 rings (SSSR count). The zero-order valence-electron chi connectivity index (χ0n) is 11.8. The van der Waals surface area contributed by atoms with Gasteiger partial charge in [0.25, 0.3) is 5.56 Å². The molecule has 0 spiro atoms. The first-order valence-corrected chi connectivity index (χ1v) is 6.56. The minimum atomic E-state index is -0.416. The second-order valence-corrected chi connectivity index (χ2v) is 5.29. The highest BCUT2D eigenvalue weighted by atomic mass is 16.3. The molecule has 4 N–H and O–H groups in total. The third-order valence-electron chi connectivity index (χ3n) is 3.29. The van der Waals surface area contributed by atoms with Gasteiger partial charge in [-0.3, -0.25) is 4.79 Å². The zero-order valence-corrected chi connectivity index (χ0v) is 11.8. The summed E-state index contributed by atoms with van der Waals surface area (Å²) >= 11 is 0. The van der Waals surface area contributed by atoms with Crippen molar-refractivity contribution in [1.29, 1.82) is 0 Å². The molecule has 0 aliphatic heterocycles. The highest BCUT2D eigenvalue weighted by Gasteiger charge is 2.18. The molecular formula is C15H19N3O2. The predicted octanol–water partition coefficient (Wildman–Crippen LogP) is 2.11. The van der Waals surface area contributed by atoms with Gasteiger partial charge in [-0.25, -0.2) is 0 Å². The van der Waals surface area contributed by atoms with Gasteiger partial charge in [0, 0.05) is 0 Å². The van der Waals surface area contributed by atoms with Gasteiger partial charge in [0.1, 0.15) is 11.4 Å². The summed E-state index contributed by atoms with van der Waals surface area (Å²) in [6.07, 6.45) is 0. The smallest absolute Gasteiger partial charge is 0.262 e. The van der Waals surface area contributed by atoms with Crippen LogP contribution in [0.15, 0.2) is 29.1 Å². The number of aromatic hydroxyl groups is 1. The zero-order chi connectivity index (χ0) is 14.9. The summed E-state index contributed by atoms with van der Waals surface area (Å²) in [5.74, 6) is 0.129. The van der Waals surface area contributed by atoms with Gasteiger partial charge in [0.2, 0.25) is 5.88 Å². The fourth-order valence-electron chi connectivity index (χ4n) is 1.93. The predicted molar refractivity (Wildman–Crippen MR) is 78.5 cm³/mol. The normalized spacial score (nSPS) is 12.7. The molecule has 0 aliphatic rings. The van der Waals surface area contributed by atoms with E-state index in [2.05, 4.69) is 9.97 Å². The number of nitrogens with one attached hydrogen (secondary N) is 1. The number of aromatic nitrogens is 2. The van der Waals surface area contributed by atoms with Gasteiger partial charge in [0.15, 0.2) is 0 Å². The largest absolute Gasteiger partial charge is 0.493 e. The molecule has 0 bridgehead atoms. The van der Waals surface area contributed by atoms with Crippen LogP contribution in [0, 0.1) is 12.8 Å². The third kappa shape index (κ3) is 2.72. The molecule has 106 valence electrons. The van der Waals surface area contributed by atoms with Crippen LogP contribution < -0.4 is 11.3 Å². The van der Waals surface area contributed by atoms with E-state index in [0.717, 1.165) is 5.56 Å². The summed E-state index contributed by atoms with van der Waals surface area (Å²) in [6.45, 7) is 5.81. The lowest BCUT2D eigenvalue weighted by molar-refractivity contribution is 0.433. The van der Waals surface area contributed by atoms with Gasteiger partial charge < -0.3 is 15.8 Å². The summed E-state index contributed by atoms with van der Waals surface area (Å²) in [5.41, 5.74) is 7.44. The number of aromatic amines is 1. The number of H-pyrrole nitrogens is 1. The Balaban J connectivity index is 2.52. The summed E-state index contributed by atoms with van der Waals surface area (Å²) in [7, 11) is 0. The van der Waals surface area contributed by atoms with Crippen LogP contribution in [-0.2, 0) is 0 Å². The number of rotatable bonds is 3. The quantitative estimate of drug-likeness (QED) is 0.798. The van der Waals surface area contributed by atoms with Gasteiger partial charge in [-0.15, -0.1) is 0 Å². The monoisotopic (exact) mass is 273 g/mol. The Labute approximate surface area is 117 Å². The Morgan fingerprint density at radius 1 is 1.25 bits per heavy atom. The number of nitrogens with zero attached hydrogens (tertiary/aromatic N) is 1. The first-order chi connectivity index (χ1) is 9.40. The molecule has 0 radical (unpaired) electrons. The van der Waals surface area contributed by atoms with Crippen LogP contribution >= 0.6 is 0 Å². The minimum absolute atomic E-state index is 0.114. The van der Waals surface area contributed by atoms with E-state index in [0.29, 0.717) is 11.4 Å². The maximum absolute atomic E-state index is 12.2. The van der Waals surface area contributed by atoms with E-state index < -0.39 is 6.04 Å². The van der Waals surface area contributed by atoms with Gasteiger partial charge in [-0.05, 0) is 18.4 Å². The minimum Gasteiger partial charge on any atom is -0.493 e. The summed E-state index contributed by atoms with van der Waals surface area (Å²) in [4.78, 5) is 18.9. The molecule has 2 aromatic rings. The van der Waals surface area contributed by atoms with Crippen molar-refractivity contribution in [2.45, 2.75) is 26.8 Å². The van der Waals surface area contributed by atoms with Crippen molar-refractivity contribution in [1.82, 2.24) is 9.97 Å². The molecule has 1 unspecified atom stereocenters.